The molecule has 116 valence electrons. The Balaban J connectivity index is 2.00. The van der Waals surface area contributed by atoms with Crippen LogP contribution in [-0.4, -0.2) is 5.71 Å². The molecule has 2 aromatic carbocycles. The van der Waals surface area contributed by atoms with Crippen LogP contribution in [0.2, 0.25) is 0 Å². The number of nitrogens with one attached hydrogen (secondary N) is 1. The molecule has 0 radical (unpaired) electrons. The van der Waals surface area contributed by atoms with Gasteiger partial charge < -0.3 is 0 Å². The Morgan fingerprint density at radius 1 is 0.913 bits per heavy atom. The van der Waals surface area contributed by atoms with Gasteiger partial charge in [0, 0.05) is 15.5 Å². The summed E-state index contributed by atoms with van der Waals surface area (Å²) in [4.78, 5) is 1.15. The van der Waals surface area contributed by atoms with Crippen molar-refractivity contribution in [1.82, 2.24) is 5.20 Å². The molecule has 0 unspecified atom stereocenters. The largest absolute Gasteiger partial charge is 0.272 e. The summed E-state index contributed by atoms with van der Waals surface area (Å²) in [6.45, 7) is 2.01. The van der Waals surface area contributed by atoms with Crippen LogP contribution in [0.4, 0.5) is 0 Å². The predicted octanol–water partition coefficient (Wildman–Crippen LogP) is 4.11. The van der Waals surface area contributed by atoms with Gasteiger partial charge in [0.05, 0.1) is 5.71 Å². The van der Waals surface area contributed by atoms with Crippen molar-refractivity contribution in [3.63, 3.8) is 0 Å². The average Bonchev–Trinajstić information content (AvgIpc) is 3.16. The zero-order valence-electron chi connectivity index (χ0n) is 12.7. The van der Waals surface area contributed by atoms with Gasteiger partial charge in [0.1, 0.15) is 6.19 Å². The normalized spacial score (nSPS) is 12.1. The molecule has 0 aliphatic heterocycles. The standard InChI is InChI=1S/C18H17N2PS2/c1-15(18-13-8-14-23-18)19-20-21(22,16-9-4-2-5-10-16)17-11-6-3-7-12-17/h2-14H,1H3,(H,20,22)/b19-15-. The van der Waals surface area contributed by atoms with Crippen molar-refractivity contribution in [1.29, 1.82) is 0 Å². The maximum Gasteiger partial charge on any atom is 0.106 e. The van der Waals surface area contributed by atoms with Gasteiger partial charge >= 0.3 is 0 Å². The van der Waals surface area contributed by atoms with E-state index < -0.39 is 6.19 Å². The van der Waals surface area contributed by atoms with E-state index in [-0.39, 0.29) is 0 Å². The van der Waals surface area contributed by atoms with Gasteiger partial charge in [0.15, 0.2) is 0 Å². The molecule has 5 heteroatoms. The molecule has 0 aliphatic carbocycles. The first kappa shape index (κ1) is 16.1. The third-order valence-corrected chi connectivity index (χ3v) is 8.40. The van der Waals surface area contributed by atoms with Crippen LogP contribution in [-0.2, 0) is 11.8 Å². The molecule has 0 bridgehead atoms. The summed E-state index contributed by atoms with van der Waals surface area (Å²) in [5, 5.41) is 12.2. The maximum atomic E-state index is 6.08. The average molecular weight is 356 g/mol. The van der Waals surface area contributed by atoms with Gasteiger partial charge in [-0.15, -0.1) is 11.3 Å². The second kappa shape index (κ2) is 7.22. The number of nitrogens with zero attached hydrogens (tertiary/aromatic N) is 1. The second-order valence-electron chi connectivity index (χ2n) is 5.05. The van der Waals surface area contributed by atoms with Crippen LogP contribution in [0.1, 0.15) is 11.8 Å². The minimum Gasteiger partial charge on any atom is -0.272 e. The molecule has 2 nitrogen and oxygen atoms in total. The summed E-state index contributed by atoms with van der Waals surface area (Å²) in [6, 6.07) is 24.5. The molecule has 0 aliphatic rings. The Hall–Kier alpha value is -1.74. The van der Waals surface area contributed by atoms with Gasteiger partial charge in [0.2, 0.25) is 0 Å². The van der Waals surface area contributed by atoms with E-state index in [0.717, 1.165) is 21.2 Å². The Labute approximate surface area is 146 Å². The Morgan fingerprint density at radius 2 is 1.48 bits per heavy atom. The summed E-state index contributed by atoms with van der Waals surface area (Å²) in [5.74, 6) is 0. The lowest BCUT2D eigenvalue weighted by molar-refractivity contribution is 1.10. The molecular weight excluding hydrogens is 339 g/mol. The van der Waals surface area contributed by atoms with E-state index in [0.29, 0.717) is 0 Å². The number of hydrogen-bond acceptors (Lipinski definition) is 3. The molecule has 3 rings (SSSR count). The summed E-state index contributed by atoms with van der Waals surface area (Å²) < 4.78 is 0. The topological polar surface area (TPSA) is 24.4 Å². The van der Waals surface area contributed by atoms with Crippen molar-refractivity contribution in [2.45, 2.75) is 6.92 Å². The molecular formula is C18H17N2PS2. The molecule has 0 amide bonds. The van der Waals surface area contributed by atoms with Crippen molar-refractivity contribution < 1.29 is 0 Å². The van der Waals surface area contributed by atoms with Crippen molar-refractivity contribution >= 4 is 45.7 Å². The van der Waals surface area contributed by atoms with Crippen LogP contribution >= 0.6 is 17.5 Å². The van der Waals surface area contributed by atoms with Gasteiger partial charge in [0.25, 0.3) is 0 Å². The first-order chi connectivity index (χ1) is 11.2. The third-order valence-electron chi connectivity index (χ3n) is 3.48. The van der Waals surface area contributed by atoms with Crippen LogP contribution < -0.4 is 15.8 Å². The fourth-order valence-electron chi connectivity index (χ4n) is 2.23. The monoisotopic (exact) mass is 356 g/mol. The number of thiophene rings is 1. The van der Waals surface area contributed by atoms with Gasteiger partial charge in [-0.3, -0.25) is 5.20 Å². The lowest BCUT2D eigenvalue weighted by Crippen LogP contribution is -2.25. The summed E-state index contributed by atoms with van der Waals surface area (Å²) in [5.41, 5.74) is 0.959. The quantitative estimate of drug-likeness (QED) is 0.423. The van der Waals surface area contributed by atoms with Crippen molar-refractivity contribution in [3.05, 3.63) is 83.1 Å². The van der Waals surface area contributed by atoms with Gasteiger partial charge in [-0.05, 0) is 18.4 Å². The van der Waals surface area contributed by atoms with Crippen LogP contribution in [0.3, 0.4) is 0 Å². The Bertz CT molecular complexity index is 784. The highest BCUT2D eigenvalue weighted by molar-refractivity contribution is 8.20. The van der Waals surface area contributed by atoms with E-state index in [2.05, 4.69) is 46.0 Å². The number of benzene rings is 2. The molecule has 0 fully saturated rings. The highest BCUT2D eigenvalue weighted by atomic mass is 32.4. The Morgan fingerprint density at radius 3 is 1.96 bits per heavy atom. The first-order valence-electron chi connectivity index (χ1n) is 7.27. The molecule has 0 saturated heterocycles. The summed E-state index contributed by atoms with van der Waals surface area (Å²) in [7, 11) is 0. The van der Waals surface area contributed by atoms with Crippen molar-refractivity contribution in [2.24, 2.45) is 5.10 Å². The molecule has 0 atom stereocenters. The van der Waals surface area contributed by atoms with E-state index in [1.165, 1.54) is 0 Å². The summed E-state index contributed by atoms with van der Waals surface area (Å²) >= 11 is 7.76. The Kier molecular flexibility index (Phi) is 5.06. The fraction of sp³-hybridized carbons (Fsp3) is 0.0556. The molecule has 1 N–H and O–H groups in total. The number of hydrazone groups is 1. The van der Waals surface area contributed by atoms with E-state index in [4.69, 9.17) is 11.8 Å². The third kappa shape index (κ3) is 3.61. The van der Waals surface area contributed by atoms with Crippen LogP contribution in [0.25, 0.3) is 0 Å². The molecule has 1 aromatic heterocycles. The van der Waals surface area contributed by atoms with Gasteiger partial charge in [-0.2, -0.15) is 5.10 Å². The zero-order chi connectivity index (χ0) is 16.1. The van der Waals surface area contributed by atoms with E-state index >= 15 is 0 Å². The van der Waals surface area contributed by atoms with Gasteiger partial charge in [-0.1, -0.05) is 78.5 Å². The number of hydrogen-bond donors (Lipinski definition) is 1. The highest BCUT2D eigenvalue weighted by Crippen LogP contribution is 2.39. The van der Waals surface area contributed by atoms with E-state index in [1.54, 1.807) is 11.3 Å². The van der Waals surface area contributed by atoms with Crippen LogP contribution in [0.5, 0.6) is 0 Å². The minimum absolute atomic E-state index is 0.959. The lowest BCUT2D eigenvalue weighted by atomic mass is 10.3. The maximum absolute atomic E-state index is 6.08. The predicted molar refractivity (Wildman–Crippen MR) is 106 cm³/mol. The van der Waals surface area contributed by atoms with E-state index in [1.807, 2.05) is 49.4 Å². The first-order valence-corrected chi connectivity index (χ1v) is 10.9. The summed E-state index contributed by atoms with van der Waals surface area (Å²) in [6.07, 6.45) is -2.18. The second-order valence-corrected chi connectivity index (χ2v) is 10.1. The number of rotatable bonds is 5. The smallest absolute Gasteiger partial charge is 0.106 e. The minimum atomic E-state index is -2.18. The molecule has 1 heterocycles. The van der Waals surface area contributed by atoms with E-state index in [9.17, 15) is 0 Å². The fourth-order valence-corrected chi connectivity index (χ4v) is 5.76. The van der Waals surface area contributed by atoms with Crippen LogP contribution in [0, 0.1) is 0 Å². The highest BCUT2D eigenvalue weighted by Gasteiger charge is 2.21. The molecule has 23 heavy (non-hydrogen) atoms. The van der Waals surface area contributed by atoms with Crippen molar-refractivity contribution in [3.8, 4) is 0 Å². The molecule has 0 spiro atoms. The van der Waals surface area contributed by atoms with Crippen molar-refractivity contribution in [2.75, 3.05) is 0 Å². The SMILES string of the molecule is C/C(=N/NP(=S)(c1ccccc1)c1ccccc1)c1cccs1. The van der Waals surface area contributed by atoms with Crippen LogP contribution in [0.15, 0.2) is 83.3 Å². The lowest BCUT2D eigenvalue weighted by Gasteiger charge is -2.23. The molecule has 3 aromatic rings. The zero-order valence-corrected chi connectivity index (χ0v) is 15.2. The molecule has 0 saturated carbocycles. The van der Waals surface area contributed by atoms with Gasteiger partial charge in [-0.25, -0.2) is 0 Å².